The zero-order chi connectivity index (χ0) is 29.8. The second-order valence-corrected chi connectivity index (χ2v) is 20.1. The van der Waals surface area contributed by atoms with E-state index in [1.165, 1.54) is 12.1 Å². The Bertz CT molecular complexity index is 958. The molecular formula is C18H12Cl18O. The Kier molecular flexibility index (Phi) is 13.9. The van der Waals surface area contributed by atoms with Crippen LogP contribution in [0.2, 0.25) is 0 Å². The van der Waals surface area contributed by atoms with E-state index >= 15 is 0 Å². The van der Waals surface area contributed by atoms with Crippen LogP contribution >= 0.6 is 209 Å². The van der Waals surface area contributed by atoms with Crippen LogP contribution in [0.15, 0.2) is 18.2 Å². The molecule has 1 unspecified atom stereocenters. The van der Waals surface area contributed by atoms with Crippen molar-refractivity contribution in [1.29, 1.82) is 0 Å². The third kappa shape index (κ3) is 7.29. The van der Waals surface area contributed by atoms with Gasteiger partial charge in [0, 0.05) is 0 Å². The summed E-state index contributed by atoms with van der Waals surface area (Å²) < 4.78 is -20.7. The Morgan fingerprint density at radius 1 is 0.595 bits per heavy atom. The molecule has 1 aromatic carbocycles. The Morgan fingerprint density at radius 2 is 0.973 bits per heavy atom. The molecule has 37 heavy (non-hydrogen) atoms. The van der Waals surface area contributed by atoms with Gasteiger partial charge in [-0.3, -0.25) is 0 Å². The molecule has 0 saturated heterocycles. The number of benzene rings is 1. The minimum atomic E-state index is -2.70. The van der Waals surface area contributed by atoms with E-state index in [0.717, 1.165) is 6.07 Å². The van der Waals surface area contributed by atoms with Crippen molar-refractivity contribution in [2.75, 3.05) is 0 Å². The van der Waals surface area contributed by atoms with Crippen molar-refractivity contribution in [3.63, 3.8) is 0 Å². The first kappa shape index (κ1) is 39.4. The van der Waals surface area contributed by atoms with Crippen molar-refractivity contribution in [2.24, 2.45) is 0 Å². The van der Waals surface area contributed by atoms with E-state index in [2.05, 4.69) is 0 Å². The van der Waals surface area contributed by atoms with Gasteiger partial charge in [0.15, 0.2) is 17.3 Å². The van der Waals surface area contributed by atoms with Crippen LogP contribution in [0, 0.1) is 0 Å². The van der Waals surface area contributed by atoms with Crippen LogP contribution < -0.4 is 0 Å². The molecule has 1 N–H and O–H groups in total. The maximum atomic E-state index is 10.8. The number of hydrogen-bond donors (Lipinski definition) is 1. The Labute approximate surface area is 304 Å². The summed E-state index contributed by atoms with van der Waals surface area (Å²) in [6.07, 6.45) is -0.421. The number of halogens is 18. The topological polar surface area (TPSA) is 20.2 Å². The summed E-state index contributed by atoms with van der Waals surface area (Å²) in [6.45, 7) is 1.81. The van der Waals surface area contributed by atoms with E-state index in [4.69, 9.17) is 209 Å². The fraction of sp³-hybridized carbons (Fsp3) is 0.667. The fourth-order valence-corrected chi connectivity index (χ4v) is 7.35. The van der Waals surface area contributed by atoms with Crippen LogP contribution in [0.5, 0.6) is 0 Å². The van der Waals surface area contributed by atoms with Gasteiger partial charge in [-0.05, 0) is 29.2 Å². The molecule has 0 radical (unpaired) electrons. The molecule has 19 heteroatoms. The number of aliphatic hydroxyl groups excluding tert-OH is 1. The highest BCUT2D eigenvalue weighted by molar-refractivity contribution is 6.81. The highest BCUT2D eigenvalue weighted by atomic mass is 35.6. The minimum absolute atomic E-state index is 0.0815. The largest absolute Gasteiger partial charge is 0.388 e. The highest BCUT2D eigenvalue weighted by Crippen LogP contribution is 2.68. The van der Waals surface area contributed by atoms with E-state index in [9.17, 15) is 5.11 Å². The van der Waals surface area contributed by atoms with Gasteiger partial charge in [0.2, 0.25) is 16.3 Å². The molecule has 1 nitrogen and oxygen atoms in total. The molecule has 0 bridgehead atoms. The van der Waals surface area contributed by atoms with Crippen LogP contribution in [0.4, 0.5) is 0 Å². The number of rotatable bonds is 9. The second kappa shape index (κ2) is 13.0. The van der Waals surface area contributed by atoms with Crippen molar-refractivity contribution in [3.05, 3.63) is 34.9 Å². The van der Waals surface area contributed by atoms with Gasteiger partial charge in [0.1, 0.15) is 0 Å². The predicted octanol–water partition coefficient (Wildman–Crippen LogP) is 13.2. The summed E-state index contributed by atoms with van der Waals surface area (Å²) in [5.41, 5.74) is -0.336. The summed E-state index contributed by atoms with van der Waals surface area (Å²) in [5.74, 6) is 0. The minimum Gasteiger partial charge on any atom is -0.388 e. The van der Waals surface area contributed by atoms with E-state index in [-0.39, 0.29) is 23.1 Å². The van der Waals surface area contributed by atoms with Gasteiger partial charge >= 0.3 is 0 Å². The fourth-order valence-electron chi connectivity index (χ4n) is 2.84. The third-order valence-electron chi connectivity index (χ3n) is 4.96. The van der Waals surface area contributed by atoms with Gasteiger partial charge in [-0.25, -0.2) is 0 Å². The quantitative estimate of drug-likeness (QED) is 0.245. The summed E-state index contributed by atoms with van der Waals surface area (Å²) >= 11 is 112. The maximum Gasteiger partial charge on any atom is 0.226 e. The molecule has 1 rings (SSSR count). The number of hydrogen-bond acceptors (Lipinski definition) is 1. The summed E-state index contributed by atoms with van der Waals surface area (Å²) in [6, 6.07) is 3.73. The monoisotopic (exact) mass is 874 g/mol. The van der Waals surface area contributed by atoms with Crippen molar-refractivity contribution in [3.8, 4) is 0 Å². The van der Waals surface area contributed by atoms with Gasteiger partial charge in [-0.15, -0.1) is 0 Å². The first-order valence-electron chi connectivity index (χ1n) is 9.30. The van der Waals surface area contributed by atoms with E-state index in [0.29, 0.717) is 6.42 Å². The molecule has 0 aliphatic carbocycles. The lowest BCUT2D eigenvalue weighted by Gasteiger charge is -2.46. The zero-order valence-corrected chi connectivity index (χ0v) is 31.1. The summed E-state index contributed by atoms with van der Waals surface area (Å²) in [7, 11) is 0. The van der Waals surface area contributed by atoms with Crippen molar-refractivity contribution in [2.45, 2.75) is 59.5 Å². The first-order chi connectivity index (χ1) is 16.1. The predicted molar refractivity (Wildman–Crippen MR) is 171 cm³/mol. The van der Waals surface area contributed by atoms with Gasteiger partial charge in [-0.1, -0.05) is 234 Å². The molecule has 0 heterocycles. The Hall–Kier alpha value is 4.40. The molecule has 0 amide bonds. The van der Waals surface area contributed by atoms with Crippen LogP contribution in [-0.2, 0) is 8.67 Å². The maximum absolute atomic E-state index is 10.8. The molecule has 0 aliphatic heterocycles. The SMILES string of the molecule is CCCC(O)c1ccc(C(Cl)(Cl)C(Cl)(Cl)C(Cl)(Cl)C(Cl)(Cl)Cl)cc1C(Cl)(Cl)C(Cl)(Cl)C(Cl)(Cl)C(Cl)(Cl)Cl. The molecule has 0 spiro atoms. The molecule has 216 valence electrons. The lowest BCUT2D eigenvalue weighted by atomic mass is 9.91. The summed E-state index contributed by atoms with van der Waals surface area (Å²) in [4.78, 5) is 0. The van der Waals surface area contributed by atoms with E-state index in [1.54, 1.807) is 6.92 Å². The standard InChI is InChI=1S/C18H12Cl18O/c1-2-3-10(37)8-5-4-7(11(19,20)13(23,24)15(27,28)17(31,32)33)6-9(8)12(21,22)14(25,26)16(29,30)18(34,35)36/h4-6,10,37H,2-3H2,1H3. The van der Waals surface area contributed by atoms with Crippen molar-refractivity contribution in [1.82, 2.24) is 0 Å². The Balaban J connectivity index is 4.03. The number of alkyl halides is 18. The zero-order valence-electron chi connectivity index (χ0n) is 17.5. The molecular weight excluding hydrogens is 870 g/mol. The molecule has 1 aromatic rings. The lowest BCUT2D eigenvalue weighted by molar-refractivity contribution is 0.165. The van der Waals surface area contributed by atoms with Gasteiger partial charge in [0.05, 0.1) is 6.10 Å². The van der Waals surface area contributed by atoms with Crippen LogP contribution in [-0.4, -0.2) is 30.0 Å². The van der Waals surface area contributed by atoms with Gasteiger partial charge < -0.3 is 5.11 Å². The van der Waals surface area contributed by atoms with Gasteiger partial charge in [0.25, 0.3) is 0 Å². The average Bonchev–Trinajstić information content (AvgIpc) is 2.71. The molecule has 0 fully saturated rings. The molecule has 1 atom stereocenters. The average molecular weight is 882 g/mol. The summed E-state index contributed by atoms with van der Waals surface area (Å²) in [5, 5.41) is 10.8. The first-order valence-corrected chi connectivity index (χ1v) is 16.1. The normalized spacial score (nSPS) is 16.2. The molecule has 0 aromatic heterocycles. The van der Waals surface area contributed by atoms with Crippen molar-refractivity contribution < 1.29 is 5.11 Å². The number of aliphatic hydroxyl groups is 1. The smallest absolute Gasteiger partial charge is 0.226 e. The lowest BCUT2D eigenvalue weighted by Crippen LogP contribution is -2.55. The molecule has 0 aliphatic rings. The molecule has 0 saturated carbocycles. The van der Waals surface area contributed by atoms with Crippen LogP contribution in [0.3, 0.4) is 0 Å². The van der Waals surface area contributed by atoms with E-state index in [1.807, 2.05) is 0 Å². The third-order valence-corrected chi connectivity index (χ3v) is 15.9. The van der Waals surface area contributed by atoms with Gasteiger partial charge in [-0.2, -0.15) is 0 Å². The highest BCUT2D eigenvalue weighted by Gasteiger charge is 2.70. The second-order valence-electron chi connectivity index (χ2n) is 7.55. The van der Waals surface area contributed by atoms with Crippen molar-refractivity contribution >= 4 is 209 Å². The van der Waals surface area contributed by atoms with Crippen LogP contribution in [0.25, 0.3) is 0 Å². The van der Waals surface area contributed by atoms with Crippen LogP contribution in [0.1, 0.15) is 42.6 Å². The Morgan fingerprint density at radius 3 is 1.32 bits per heavy atom. The van der Waals surface area contributed by atoms with E-state index < -0.39 is 39.7 Å².